The highest BCUT2D eigenvalue weighted by molar-refractivity contribution is 5.85. The van der Waals surface area contributed by atoms with Gasteiger partial charge in [0.2, 0.25) is 11.8 Å². The van der Waals surface area contributed by atoms with Gasteiger partial charge in [-0.05, 0) is 65.3 Å². The van der Waals surface area contributed by atoms with E-state index in [1.807, 2.05) is 84.9 Å². The first-order chi connectivity index (χ1) is 35.5. The molecule has 0 bridgehead atoms. The summed E-state index contributed by atoms with van der Waals surface area (Å²) in [4.78, 5) is 127. The Morgan fingerprint density at radius 1 is 0.554 bits per heavy atom. The van der Waals surface area contributed by atoms with Crippen molar-refractivity contribution in [3.8, 4) is 22.3 Å². The molecular formula is C53H54N8O13. The van der Waals surface area contributed by atoms with Gasteiger partial charge in [-0.2, -0.15) is 0 Å². The highest BCUT2D eigenvalue weighted by atomic mass is 16.6. The van der Waals surface area contributed by atoms with Crippen molar-refractivity contribution in [3.05, 3.63) is 185 Å². The number of carboxylic acids is 1. The number of aryl methyl sites for hydroxylation is 2. The number of aromatic nitrogens is 4. The second-order valence-corrected chi connectivity index (χ2v) is 17.6. The second kappa shape index (κ2) is 23.8. The normalized spacial score (nSPS) is 11.9. The summed E-state index contributed by atoms with van der Waals surface area (Å²) >= 11 is 0. The summed E-state index contributed by atoms with van der Waals surface area (Å²) in [6, 6.07) is 31.9. The Hall–Kier alpha value is -9.14. The largest absolute Gasteiger partial charge is 0.480 e. The van der Waals surface area contributed by atoms with Gasteiger partial charge in [-0.25, -0.2) is 19.2 Å². The molecule has 0 aliphatic heterocycles. The van der Waals surface area contributed by atoms with E-state index >= 15 is 0 Å². The molecule has 2 heterocycles. The molecule has 74 heavy (non-hydrogen) atoms. The van der Waals surface area contributed by atoms with Crippen molar-refractivity contribution in [1.29, 1.82) is 0 Å². The Labute approximate surface area is 422 Å². The molecule has 2 aromatic heterocycles. The van der Waals surface area contributed by atoms with Crippen LogP contribution in [0.2, 0.25) is 0 Å². The van der Waals surface area contributed by atoms with E-state index in [0.717, 1.165) is 58.5 Å². The number of carbonyl (C=O) groups excluding carboxylic acids is 5. The molecule has 8 rings (SSSR count). The summed E-state index contributed by atoms with van der Waals surface area (Å²) in [7, 11) is 0. The van der Waals surface area contributed by atoms with Crippen molar-refractivity contribution in [2.24, 2.45) is 0 Å². The standard InChI is InChI=1S/C27H28N4O6.C26H26N4O7/c1-17-13-31(26(35)29-25(17)34)15-24(33)30(14-18(2)32)12-11-28-27(36)37-16-23-21-9-5-3-7-19(21)20-8-4-6-10-22(20)23;1-16-12-30(25(35)28-24(16)34)13-22(31)29(14-23(32)33)11-10-27-26(36)37-15-21-19-8-4-2-6-17(19)18-7-3-5-9-20(18)21/h3-10,13,23H,11-12,14-16H2,1-2H3,(H,28,36)(H,29,34,35);2-9,12,21H,10-11,13-15H2,1H3,(H,27,36)(H,32,33)(H,28,34,35). The third-order valence-electron chi connectivity index (χ3n) is 12.4. The molecule has 6 aromatic rings. The molecule has 5 N–H and O–H groups in total. The van der Waals surface area contributed by atoms with Gasteiger partial charge in [0.25, 0.3) is 11.1 Å². The number of fused-ring (bicyclic) bond motifs is 6. The third kappa shape index (κ3) is 12.8. The summed E-state index contributed by atoms with van der Waals surface area (Å²) in [5.74, 6) is -2.85. The number of H-pyrrole nitrogens is 2. The molecule has 2 aliphatic rings. The fourth-order valence-electron chi connectivity index (χ4n) is 8.86. The number of Topliss-reactive ketones (excluding diaryl/α,β-unsaturated/α-hetero) is 1. The van der Waals surface area contributed by atoms with Crippen LogP contribution in [0.15, 0.2) is 129 Å². The summed E-state index contributed by atoms with van der Waals surface area (Å²) < 4.78 is 13.0. The van der Waals surface area contributed by atoms with Gasteiger partial charge in [-0.15, -0.1) is 0 Å². The zero-order chi connectivity index (χ0) is 53.1. The quantitative estimate of drug-likeness (QED) is 0.0829. The molecule has 21 nitrogen and oxygen atoms in total. The molecule has 4 amide bonds. The zero-order valence-electron chi connectivity index (χ0n) is 40.8. The summed E-state index contributed by atoms with van der Waals surface area (Å²) in [5, 5.41) is 14.3. The minimum Gasteiger partial charge on any atom is -0.480 e. The number of ketones is 1. The number of carboxylic acid groups (broad SMARTS) is 1. The minimum absolute atomic E-state index is 0.0414. The minimum atomic E-state index is -1.25. The van der Waals surface area contributed by atoms with Crippen LogP contribution in [0, 0.1) is 13.8 Å². The van der Waals surface area contributed by atoms with Crippen LogP contribution in [0.1, 0.15) is 52.1 Å². The van der Waals surface area contributed by atoms with Crippen molar-refractivity contribution in [3.63, 3.8) is 0 Å². The van der Waals surface area contributed by atoms with Crippen LogP contribution in [0.25, 0.3) is 22.3 Å². The lowest BCUT2D eigenvalue weighted by atomic mass is 9.98. The van der Waals surface area contributed by atoms with Gasteiger partial charge in [-0.1, -0.05) is 97.1 Å². The lowest BCUT2D eigenvalue weighted by molar-refractivity contribution is -0.144. The first-order valence-electron chi connectivity index (χ1n) is 23.5. The number of rotatable bonds is 18. The number of hydrogen-bond acceptors (Lipinski definition) is 12. The van der Waals surface area contributed by atoms with Gasteiger partial charge < -0.3 is 35.0 Å². The molecule has 0 fully saturated rings. The number of benzene rings is 4. The molecule has 384 valence electrons. The Balaban J connectivity index is 0.000000216. The lowest BCUT2D eigenvalue weighted by Crippen LogP contribution is -2.44. The van der Waals surface area contributed by atoms with E-state index in [1.54, 1.807) is 0 Å². The predicted molar refractivity (Wildman–Crippen MR) is 270 cm³/mol. The van der Waals surface area contributed by atoms with Crippen LogP contribution < -0.4 is 33.1 Å². The van der Waals surface area contributed by atoms with E-state index in [2.05, 4.69) is 32.7 Å². The molecule has 2 aliphatic carbocycles. The van der Waals surface area contributed by atoms with Crippen LogP contribution in [-0.2, 0) is 41.7 Å². The third-order valence-corrected chi connectivity index (χ3v) is 12.4. The lowest BCUT2D eigenvalue weighted by Gasteiger charge is -2.22. The maximum absolute atomic E-state index is 12.8. The summed E-state index contributed by atoms with van der Waals surface area (Å²) in [6.45, 7) is 2.91. The van der Waals surface area contributed by atoms with E-state index in [0.29, 0.717) is 0 Å². The molecule has 21 heteroatoms. The van der Waals surface area contributed by atoms with E-state index in [1.165, 1.54) is 38.1 Å². The van der Waals surface area contributed by atoms with Crippen molar-refractivity contribution >= 4 is 35.8 Å². The maximum Gasteiger partial charge on any atom is 0.407 e. The number of nitrogens with one attached hydrogen (secondary N) is 4. The van der Waals surface area contributed by atoms with E-state index in [4.69, 9.17) is 9.47 Å². The predicted octanol–water partition coefficient (Wildman–Crippen LogP) is 3.10. The second-order valence-electron chi connectivity index (χ2n) is 17.6. The fourth-order valence-corrected chi connectivity index (χ4v) is 8.86. The van der Waals surface area contributed by atoms with Crippen LogP contribution in [0.4, 0.5) is 9.59 Å². The van der Waals surface area contributed by atoms with Gasteiger partial charge in [0.1, 0.15) is 38.6 Å². The van der Waals surface area contributed by atoms with Crippen molar-refractivity contribution in [1.82, 2.24) is 39.5 Å². The van der Waals surface area contributed by atoms with Gasteiger partial charge >= 0.3 is 29.5 Å². The monoisotopic (exact) mass is 1010 g/mol. The topological polar surface area (TPSA) is 281 Å². The van der Waals surface area contributed by atoms with E-state index in [9.17, 15) is 53.1 Å². The number of nitrogens with zero attached hydrogens (tertiary/aromatic N) is 4. The number of carbonyl (C=O) groups is 6. The highest BCUT2D eigenvalue weighted by Crippen LogP contribution is 2.45. The molecule has 0 radical (unpaired) electrons. The van der Waals surface area contributed by atoms with Gasteiger partial charge in [0, 0.05) is 61.5 Å². The van der Waals surface area contributed by atoms with Crippen LogP contribution in [-0.4, -0.2) is 122 Å². The number of amides is 4. The van der Waals surface area contributed by atoms with Gasteiger partial charge in [0.15, 0.2) is 0 Å². The van der Waals surface area contributed by atoms with Crippen molar-refractivity contribution in [2.45, 2.75) is 45.7 Å². The summed E-state index contributed by atoms with van der Waals surface area (Å²) in [5.41, 5.74) is 6.72. The average Bonchev–Trinajstić information content (AvgIpc) is 3.87. The van der Waals surface area contributed by atoms with Crippen molar-refractivity contribution in [2.75, 3.05) is 52.5 Å². The van der Waals surface area contributed by atoms with Crippen LogP contribution >= 0.6 is 0 Å². The Morgan fingerprint density at radius 3 is 1.23 bits per heavy atom. The highest BCUT2D eigenvalue weighted by Gasteiger charge is 2.31. The summed E-state index contributed by atoms with van der Waals surface area (Å²) in [6.07, 6.45) is 1.19. The molecular weight excluding hydrogens is 957 g/mol. The molecule has 0 saturated heterocycles. The Kier molecular flexibility index (Phi) is 17.0. The molecule has 0 spiro atoms. The maximum atomic E-state index is 12.8. The van der Waals surface area contributed by atoms with Crippen LogP contribution in [0.5, 0.6) is 0 Å². The number of alkyl carbamates (subject to hydrolysis) is 2. The average molecular weight is 1010 g/mol. The van der Waals surface area contributed by atoms with E-state index in [-0.39, 0.29) is 81.2 Å². The van der Waals surface area contributed by atoms with Crippen LogP contribution in [0.3, 0.4) is 0 Å². The van der Waals surface area contributed by atoms with E-state index < -0.39 is 65.6 Å². The first kappa shape index (κ1) is 52.7. The van der Waals surface area contributed by atoms with Gasteiger partial charge in [0.05, 0.1) is 6.54 Å². The molecule has 4 aromatic carbocycles. The number of aliphatic carboxylic acids is 1. The Bertz CT molecular complexity index is 3050. The number of hydrogen-bond donors (Lipinski definition) is 5. The molecule has 0 unspecified atom stereocenters. The smallest absolute Gasteiger partial charge is 0.407 e. The Morgan fingerprint density at radius 2 is 0.892 bits per heavy atom. The number of aromatic amines is 2. The first-order valence-corrected chi connectivity index (χ1v) is 23.5. The molecule has 0 saturated carbocycles. The van der Waals surface area contributed by atoms with Crippen molar-refractivity contribution < 1.29 is 43.3 Å². The zero-order valence-corrected chi connectivity index (χ0v) is 40.8. The fraction of sp³-hybridized carbons (Fsp3) is 0.283. The SMILES string of the molecule is CC(=O)CN(CCNC(=O)OCC1c2ccccc2-c2ccccc21)C(=O)Cn1cc(C)c(=O)[nH]c1=O.Cc1cn(CC(=O)N(CCNC(=O)OCC2c3ccccc3-c3ccccc32)CC(=O)O)c(=O)[nH]c1=O. The molecule has 0 atom stereocenters. The number of ether oxygens (including phenoxy) is 2. The van der Waals surface area contributed by atoms with Gasteiger partial charge in [-0.3, -0.25) is 47.9 Å².